The lowest BCUT2D eigenvalue weighted by molar-refractivity contribution is 0.0234. The van der Waals surface area contributed by atoms with Crippen LogP contribution in [-0.2, 0) is 13.5 Å². The highest BCUT2D eigenvalue weighted by Crippen LogP contribution is 2.40. The second kappa shape index (κ2) is 7.00. The Balaban J connectivity index is 1.59. The Kier molecular flexibility index (Phi) is 4.68. The first-order valence-electron chi connectivity index (χ1n) is 9.71. The summed E-state index contributed by atoms with van der Waals surface area (Å²) in [6.07, 6.45) is 2.05. The first-order valence-corrected chi connectivity index (χ1v) is 9.71. The van der Waals surface area contributed by atoms with E-state index < -0.39 is 0 Å². The maximum absolute atomic E-state index is 13.0. The number of aryl methyl sites for hydroxylation is 1. The highest BCUT2D eigenvalue weighted by Gasteiger charge is 2.36. The maximum Gasteiger partial charge on any atom is 0.270 e. The number of hydrogen-bond donors (Lipinski definition) is 2. The molecular formula is C21H27N3O3. The van der Waals surface area contributed by atoms with Crippen LogP contribution in [0, 0.1) is 5.92 Å². The summed E-state index contributed by atoms with van der Waals surface area (Å²) in [5.74, 6) is 1.32. The van der Waals surface area contributed by atoms with E-state index >= 15 is 0 Å². The molecule has 144 valence electrons. The van der Waals surface area contributed by atoms with Gasteiger partial charge in [-0.25, -0.2) is 0 Å². The number of ether oxygens (including phenoxy) is 1. The van der Waals surface area contributed by atoms with Gasteiger partial charge in [0.1, 0.15) is 11.4 Å². The van der Waals surface area contributed by atoms with E-state index in [2.05, 4.69) is 30.3 Å². The fourth-order valence-electron chi connectivity index (χ4n) is 3.97. The van der Waals surface area contributed by atoms with Gasteiger partial charge >= 0.3 is 0 Å². The van der Waals surface area contributed by atoms with Gasteiger partial charge in [0.2, 0.25) is 0 Å². The van der Waals surface area contributed by atoms with E-state index in [0.717, 1.165) is 23.4 Å². The van der Waals surface area contributed by atoms with Crippen molar-refractivity contribution in [3.05, 3.63) is 46.8 Å². The van der Waals surface area contributed by atoms with Crippen LogP contribution in [0.2, 0.25) is 0 Å². The van der Waals surface area contributed by atoms with Gasteiger partial charge in [0.25, 0.3) is 5.91 Å². The smallest absolute Gasteiger partial charge is 0.270 e. The third kappa shape index (κ3) is 3.46. The zero-order valence-electron chi connectivity index (χ0n) is 16.1. The van der Waals surface area contributed by atoms with Crippen LogP contribution in [-0.4, -0.2) is 33.5 Å². The molecule has 6 nitrogen and oxygen atoms in total. The minimum atomic E-state index is -0.267. The minimum Gasteiger partial charge on any atom is -0.493 e. The van der Waals surface area contributed by atoms with Crippen molar-refractivity contribution in [1.82, 2.24) is 15.1 Å². The van der Waals surface area contributed by atoms with Gasteiger partial charge in [-0.2, -0.15) is 5.10 Å². The number of aliphatic hydroxyl groups excluding tert-OH is 1. The molecule has 27 heavy (non-hydrogen) atoms. The molecule has 0 bridgehead atoms. The van der Waals surface area contributed by atoms with E-state index in [1.165, 1.54) is 5.56 Å². The van der Waals surface area contributed by atoms with Crippen LogP contribution >= 0.6 is 0 Å². The summed E-state index contributed by atoms with van der Waals surface area (Å²) < 4.78 is 7.25. The highest BCUT2D eigenvalue weighted by molar-refractivity contribution is 5.93. The SMILES string of the molecule is CC(C)c1cc(C(=O)NC(c2ccc3c(c2)CCO3)C2CC(O)C2)n(C)n1. The fourth-order valence-corrected chi connectivity index (χ4v) is 3.97. The van der Waals surface area contributed by atoms with Crippen LogP contribution in [0.4, 0.5) is 0 Å². The van der Waals surface area contributed by atoms with Crippen molar-refractivity contribution >= 4 is 5.91 Å². The normalized spacial score (nSPS) is 22.1. The van der Waals surface area contributed by atoms with Crippen LogP contribution in [0.5, 0.6) is 5.75 Å². The first kappa shape index (κ1) is 18.0. The van der Waals surface area contributed by atoms with E-state index in [1.54, 1.807) is 11.7 Å². The summed E-state index contributed by atoms with van der Waals surface area (Å²) in [5, 5.41) is 17.4. The predicted octanol–water partition coefficient (Wildman–Crippen LogP) is 2.72. The molecule has 6 heteroatoms. The second-order valence-corrected chi connectivity index (χ2v) is 8.03. The van der Waals surface area contributed by atoms with Crippen molar-refractivity contribution in [3.63, 3.8) is 0 Å². The van der Waals surface area contributed by atoms with Gasteiger partial charge in [0.05, 0.1) is 24.4 Å². The molecule has 2 aromatic rings. The van der Waals surface area contributed by atoms with Gasteiger partial charge < -0.3 is 15.2 Å². The van der Waals surface area contributed by atoms with Gasteiger partial charge in [-0.15, -0.1) is 0 Å². The van der Waals surface area contributed by atoms with Gasteiger partial charge in [-0.3, -0.25) is 9.48 Å². The molecule has 0 radical (unpaired) electrons. The third-order valence-corrected chi connectivity index (χ3v) is 5.70. The molecule has 1 amide bonds. The Labute approximate surface area is 159 Å². The standard InChI is InChI=1S/C21H27N3O3/c1-12(2)17-11-18(24(3)23-17)21(26)22-20(15-9-16(25)10-15)14-4-5-19-13(8-14)6-7-27-19/h4-5,8,11-12,15-16,20,25H,6-7,9-10H2,1-3H3,(H,22,26). The Morgan fingerprint density at radius 3 is 2.78 bits per heavy atom. The number of fused-ring (bicyclic) bond motifs is 1. The predicted molar refractivity (Wildman–Crippen MR) is 102 cm³/mol. The molecule has 2 heterocycles. The number of rotatable bonds is 5. The zero-order valence-corrected chi connectivity index (χ0v) is 16.1. The van der Waals surface area contributed by atoms with Crippen molar-refractivity contribution < 1.29 is 14.6 Å². The van der Waals surface area contributed by atoms with Crippen molar-refractivity contribution in [3.8, 4) is 5.75 Å². The number of carbonyl (C=O) groups is 1. The summed E-state index contributed by atoms with van der Waals surface area (Å²) in [6, 6.07) is 7.91. The summed E-state index contributed by atoms with van der Waals surface area (Å²) in [5.41, 5.74) is 3.74. The molecule has 2 aliphatic rings. The number of aliphatic hydroxyl groups is 1. The number of aromatic nitrogens is 2. The molecule has 1 fully saturated rings. The Bertz CT molecular complexity index is 852. The highest BCUT2D eigenvalue weighted by atomic mass is 16.5. The van der Waals surface area contributed by atoms with Crippen LogP contribution in [0.15, 0.2) is 24.3 Å². The largest absolute Gasteiger partial charge is 0.493 e. The average molecular weight is 369 g/mol. The lowest BCUT2D eigenvalue weighted by atomic mass is 9.74. The van der Waals surface area contributed by atoms with Crippen LogP contribution in [0.3, 0.4) is 0 Å². The molecule has 1 aromatic carbocycles. The Morgan fingerprint density at radius 2 is 2.11 bits per heavy atom. The molecule has 1 aliphatic heterocycles. The number of nitrogens with zero attached hydrogens (tertiary/aromatic N) is 2. The van der Waals surface area contributed by atoms with Gasteiger partial charge in [-0.05, 0) is 54.0 Å². The van der Waals surface area contributed by atoms with Crippen LogP contribution in [0.25, 0.3) is 0 Å². The van der Waals surface area contributed by atoms with E-state index in [-0.39, 0.29) is 29.9 Å². The van der Waals surface area contributed by atoms with Crippen LogP contribution in [0.1, 0.15) is 66.0 Å². The first-order chi connectivity index (χ1) is 12.9. The molecule has 1 atom stereocenters. The molecule has 0 spiro atoms. The molecule has 2 N–H and O–H groups in total. The molecule has 1 aromatic heterocycles. The summed E-state index contributed by atoms with van der Waals surface area (Å²) >= 11 is 0. The summed E-state index contributed by atoms with van der Waals surface area (Å²) in [6.45, 7) is 4.84. The topological polar surface area (TPSA) is 76.4 Å². The zero-order chi connectivity index (χ0) is 19.1. The van der Waals surface area contributed by atoms with E-state index in [0.29, 0.717) is 25.1 Å². The minimum absolute atomic E-state index is 0.121. The van der Waals surface area contributed by atoms with Crippen molar-refractivity contribution in [1.29, 1.82) is 0 Å². The number of benzene rings is 1. The Hall–Kier alpha value is -2.34. The average Bonchev–Trinajstić information content (AvgIpc) is 3.22. The van der Waals surface area contributed by atoms with E-state index in [1.807, 2.05) is 18.2 Å². The number of amides is 1. The van der Waals surface area contributed by atoms with Crippen molar-refractivity contribution in [2.45, 2.75) is 51.2 Å². The molecule has 1 unspecified atom stereocenters. The fraction of sp³-hybridized carbons (Fsp3) is 0.524. The molecule has 0 saturated heterocycles. The summed E-state index contributed by atoms with van der Waals surface area (Å²) in [7, 11) is 1.80. The van der Waals surface area contributed by atoms with Gasteiger partial charge in [0.15, 0.2) is 0 Å². The lowest BCUT2D eigenvalue weighted by Crippen LogP contribution is -2.41. The molecule has 1 saturated carbocycles. The molecule has 4 rings (SSSR count). The van der Waals surface area contributed by atoms with Gasteiger partial charge in [-0.1, -0.05) is 19.9 Å². The Morgan fingerprint density at radius 1 is 1.33 bits per heavy atom. The number of carbonyl (C=O) groups excluding carboxylic acids is 1. The summed E-state index contributed by atoms with van der Waals surface area (Å²) in [4.78, 5) is 13.0. The quantitative estimate of drug-likeness (QED) is 0.850. The van der Waals surface area contributed by atoms with Crippen molar-refractivity contribution in [2.75, 3.05) is 6.61 Å². The lowest BCUT2D eigenvalue weighted by Gasteiger charge is -2.38. The second-order valence-electron chi connectivity index (χ2n) is 8.03. The van der Waals surface area contributed by atoms with Crippen molar-refractivity contribution in [2.24, 2.45) is 13.0 Å². The molecular weight excluding hydrogens is 342 g/mol. The number of hydrogen-bond acceptors (Lipinski definition) is 4. The van der Waals surface area contributed by atoms with Gasteiger partial charge in [0, 0.05) is 13.5 Å². The third-order valence-electron chi connectivity index (χ3n) is 5.70. The van der Waals surface area contributed by atoms with E-state index in [9.17, 15) is 9.90 Å². The van der Waals surface area contributed by atoms with E-state index in [4.69, 9.17) is 4.74 Å². The molecule has 1 aliphatic carbocycles. The monoisotopic (exact) mass is 369 g/mol. The maximum atomic E-state index is 13.0. The van der Waals surface area contributed by atoms with Crippen LogP contribution < -0.4 is 10.1 Å². The number of nitrogens with one attached hydrogen (secondary N) is 1.